The Hall–Kier alpha value is -1.71. The highest BCUT2D eigenvalue weighted by Gasteiger charge is 2.04. The second kappa shape index (κ2) is 5.24. The van der Waals surface area contributed by atoms with E-state index < -0.39 is 5.97 Å². The number of benzene rings is 1. The van der Waals surface area contributed by atoms with E-state index in [4.69, 9.17) is 9.84 Å². The van der Waals surface area contributed by atoms with Crippen molar-refractivity contribution in [2.24, 2.45) is 0 Å². The topological polar surface area (TPSA) is 66.8 Å². The van der Waals surface area contributed by atoms with Gasteiger partial charge in [-0.1, -0.05) is 6.07 Å². The van der Waals surface area contributed by atoms with E-state index in [1.165, 1.54) is 6.07 Å². The van der Waals surface area contributed by atoms with Gasteiger partial charge in [0, 0.05) is 6.42 Å². The zero-order valence-electron chi connectivity index (χ0n) is 8.56. The second-order valence-electron chi connectivity index (χ2n) is 3.13. The largest absolute Gasteiger partial charge is 0.504 e. The average Bonchev–Trinajstić information content (AvgIpc) is 2.19. The van der Waals surface area contributed by atoms with Crippen LogP contribution in [0.15, 0.2) is 18.2 Å². The molecule has 0 radical (unpaired) electrons. The van der Waals surface area contributed by atoms with E-state index in [1.807, 2.05) is 6.92 Å². The lowest BCUT2D eigenvalue weighted by Gasteiger charge is -2.07. The highest BCUT2D eigenvalue weighted by molar-refractivity contribution is 5.67. The Kier molecular flexibility index (Phi) is 3.97. The first kappa shape index (κ1) is 11.4. The van der Waals surface area contributed by atoms with Gasteiger partial charge in [-0.05, 0) is 31.0 Å². The molecule has 4 heteroatoms. The number of rotatable bonds is 5. The zero-order valence-corrected chi connectivity index (χ0v) is 8.56. The van der Waals surface area contributed by atoms with Crippen molar-refractivity contribution in [1.82, 2.24) is 0 Å². The van der Waals surface area contributed by atoms with Gasteiger partial charge < -0.3 is 14.9 Å². The number of aryl methyl sites for hydroxylation is 1. The minimum absolute atomic E-state index is 0.0553. The van der Waals surface area contributed by atoms with Gasteiger partial charge in [0.2, 0.25) is 0 Å². The molecule has 15 heavy (non-hydrogen) atoms. The van der Waals surface area contributed by atoms with Gasteiger partial charge in [-0.2, -0.15) is 0 Å². The van der Waals surface area contributed by atoms with Gasteiger partial charge >= 0.3 is 5.97 Å². The summed E-state index contributed by atoms with van der Waals surface area (Å²) in [6, 6.07) is 4.94. The predicted octanol–water partition coefficient (Wildman–Crippen LogP) is 1.81. The van der Waals surface area contributed by atoms with Crippen molar-refractivity contribution in [2.45, 2.75) is 19.8 Å². The van der Waals surface area contributed by atoms with E-state index in [0.717, 1.165) is 5.56 Å². The summed E-state index contributed by atoms with van der Waals surface area (Å²) < 4.78 is 5.15. The highest BCUT2D eigenvalue weighted by atomic mass is 16.5. The first-order chi connectivity index (χ1) is 7.13. The predicted molar refractivity (Wildman–Crippen MR) is 55.2 cm³/mol. The van der Waals surface area contributed by atoms with Crippen molar-refractivity contribution in [3.05, 3.63) is 23.8 Å². The van der Waals surface area contributed by atoms with Gasteiger partial charge in [-0.3, -0.25) is 4.79 Å². The molecular weight excluding hydrogens is 196 g/mol. The third kappa shape index (κ3) is 3.50. The van der Waals surface area contributed by atoms with Gasteiger partial charge in [0.1, 0.15) is 0 Å². The van der Waals surface area contributed by atoms with E-state index in [1.54, 1.807) is 12.1 Å². The summed E-state index contributed by atoms with van der Waals surface area (Å²) in [4.78, 5) is 10.3. The van der Waals surface area contributed by atoms with Crippen LogP contribution in [0.2, 0.25) is 0 Å². The van der Waals surface area contributed by atoms with Crippen molar-refractivity contribution in [2.75, 3.05) is 6.61 Å². The van der Waals surface area contributed by atoms with Gasteiger partial charge in [0.15, 0.2) is 11.5 Å². The molecule has 4 nitrogen and oxygen atoms in total. The summed E-state index contributed by atoms with van der Waals surface area (Å²) in [5.74, 6) is -0.361. The molecule has 0 heterocycles. The van der Waals surface area contributed by atoms with Crippen LogP contribution in [0.4, 0.5) is 0 Å². The lowest BCUT2D eigenvalue weighted by Crippen LogP contribution is -1.98. The molecule has 0 aliphatic carbocycles. The number of carboxylic acids is 1. The smallest absolute Gasteiger partial charge is 0.303 e. The maximum absolute atomic E-state index is 10.3. The Morgan fingerprint density at radius 2 is 2.20 bits per heavy atom. The van der Waals surface area contributed by atoms with Crippen molar-refractivity contribution >= 4 is 5.97 Å². The molecular formula is C11H14O4. The maximum atomic E-state index is 10.3. The normalized spacial score (nSPS) is 9.93. The molecule has 1 aromatic carbocycles. The number of hydrogen-bond donors (Lipinski definition) is 2. The van der Waals surface area contributed by atoms with Crippen molar-refractivity contribution in [3.8, 4) is 11.5 Å². The molecule has 1 aromatic rings. The SMILES string of the molecule is CCOc1ccc(CCC(=O)O)cc1O. The Morgan fingerprint density at radius 3 is 2.73 bits per heavy atom. The number of hydrogen-bond acceptors (Lipinski definition) is 3. The Morgan fingerprint density at radius 1 is 1.47 bits per heavy atom. The first-order valence-electron chi connectivity index (χ1n) is 4.80. The van der Waals surface area contributed by atoms with Crippen LogP contribution in [0.25, 0.3) is 0 Å². The highest BCUT2D eigenvalue weighted by Crippen LogP contribution is 2.27. The molecule has 0 aliphatic heterocycles. The number of carbonyl (C=O) groups is 1. The van der Waals surface area contributed by atoms with E-state index >= 15 is 0 Å². The maximum Gasteiger partial charge on any atom is 0.303 e. The third-order valence-corrected chi connectivity index (χ3v) is 1.95. The summed E-state index contributed by atoms with van der Waals surface area (Å²) in [6.45, 7) is 2.32. The summed E-state index contributed by atoms with van der Waals surface area (Å²) in [6.07, 6.45) is 0.475. The van der Waals surface area contributed by atoms with Crippen LogP contribution in [0.3, 0.4) is 0 Å². The summed E-state index contributed by atoms with van der Waals surface area (Å²) in [5.41, 5.74) is 0.790. The number of phenolic OH excluding ortho intramolecular Hbond substituents is 1. The fraction of sp³-hybridized carbons (Fsp3) is 0.364. The summed E-state index contributed by atoms with van der Waals surface area (Å²) in [7, 11) is 0. The standard InChI is InChI=1S/C11H14O4/c1-2-15-10-5-3-8(7-9(10)12)4-6-11(13)14/h3,5,7,12H,2,4,6H2,1H3,(H,13,14). The molecule has 0 fully saturated rings. The van der Waals surface area contributed by atoms with Crippen molar-refractivity contribution < 1.29 is 19.7 Å². The second-order valence-corrected chi connectivity index (χ2v) is 3.13. The van der Waals surface area contributed by atoms with Crippen LogP contribution in [0.5, 0.6) is 11.5 Å². The molecule has 2 N–H and O–H groups in total. The Balaban J connectivity index is 2.68. The average molecular weight is 210 g/mol. The quantitative estimate of drug-likeness (QED) is 0.777. The summed E-state index contributed by atoms with van der Waals surface area (Å²) in [5, 5.41) is 18.0. The molecule has 0 saturated carbocycles. The van der Waals surface area contributed by atoms with Crippen LogP contribution < -0.4 is 4.74 Å². The van der Waals surface area contributed by atoms with E-state index in [0.29, 0.717) is 18.8 Å². The fourth-order valence-electron chi connectivity index (χ4n) is 1.25. The Bertz CT molecular complexity index is 346. The molecule has 1 rings (SSSR count). The van der Waals surface area contributed by atoms with Crippen molar-refractivity contribution in [3.63, 3.8) is 0 Å². The Labute approximate surface area is 88.1 Å². The molecule has 0 bridgehead atoms. The van der Waals surface area contributed by atoms with Crippen molar-refractivity contribution in [1.29, 1.82) is 0 Å². The van der Waals surface area contributed by atoms with Gasteiger partial charge in [0.25, 0.3) is 0 Å². The molecule has 82 valence electrons. The number of ether oxygens (including phenoxy) is 1. The minimum Gasteiger partial charge on any atom is -0.504 e. The molecule has 0 amide bonds. The number of aliphatic carboxylic acids is 1. The lowest BCUT2D eigenvalue weighted by atomic mass is 10.1. The van der Waals surface area contributed by atoms with Gasteiger partial charge in [-0.25, -0.2) is 0 Å². The molecule has 0 aliphatic rings. The van der Waals surface area contributed by atoms with Crippen LogP contribution in [0, 0.1) is 0 Å². The first-order valence-corrected chi connectivity index (χ1v) is 4.80. The monoisotopic (exact) mass is 210 g/mol. The van der Waals surface area contributed by atoms with Crippen LogP contribution in [0.1, 0.15) is 18.9 Å². The third-order valence-electron chi connectivity index (χ3n) is 1.95. The zero-order chi connectivity index (χ0) is 11.3. The van der Waals surface area contributed by atoms with E-state index in [9.17, 15) is 9.90 Å². The lowest BCUT2D eigenvalue weighted by molar-refractivity contribution is -0.136. The summed E-state index contributed by atoms with van der Waals surface area (Å²) >= 11 is 0. The molecule has 0 saturated heterocycles. The molecule has 0 spiro atoms. The van der Waals surface area contributed by atoms with Gasteiger partial charge in [0.05, 0.1) is 6.61 Å². The van der Waals surface area contributed by atoms with Crippen LogP contribution in [-0.2, 0) is 11.2 Å². The number of aromatic hydroxyl groups is 1. The molecule has 0 atom stereocenters. The minimum atomic E-state index is -0.844. The number of carboxylic acid groups (broad SMARTS) is 1. The van der Waals surface area contributed by atoms with E-state index in [2.05, 4.69) is 0 Å². The molecule has 0 unspecified atom stereocenters. The number of phenols is 1. The van der Waals surface area contributed by atoms with Crippen LogP contribution in [-0.4, -0.2) is 22.8 Å². The van der Waals surface area contributed by atoms with Gasteiger partial charge in [-0.15, -0.1) is 0 Å². The van der Waals surface area contributed by atoms with Crippen LogP contribution >= 0.6 is 0 Å². The fourth-order valence-corrected chi connectivity index (χ4v) is 1.25. The molecule has 0 aromatic heterocycles. The van der Waals surface area contributed by atoms with E-state index in [-0.39, 0.29) is 12.2 Å².